The molecule has 0 nitrogen and oxygen atoms in total. The standard InChI is InChI=1S/C9H6ClS/c1-6-7-3-2-4-9(10)8(7)5-11-6/h2-5H,1H2. The molecule has 55 valence electrons. The van der Waals surface area contributed by atoms with E-state index >= 15 is 0 Å². The molecule has 1 aromatic heterocycles. The molecule has 0 bridgehead atoms. The highest BCUT2D eigenvalue weighted by molar-refractivity contribution is 7.11. The Morgan fingerprint density at radius 3 is 2.82 bits per heavy atom. The summed E-state index contributed by atoms with van der Waals surface area (Å²) in [6.07, 6.45) is 0. The maximum absolute atomic E-state index is 5.95. The zero-order chi connectivity index (χ0) is 7.84. The van der Waals surface area contributed by atoms with Crippen molar-refractivity contribution in [3.8, 4) is 0 Å². The molecule has 0 aliphatic rings. The lowest BCUT2D eigenvalue weighted by Crippen LogP contribution is -1.67. The Balaban J connectivity index is 2.94. The van der Waals surface area contributed by atoms with E-state index in [0.717, 1.165) is 15.3 Å². The van der Waals surface area contributed by atoms with Crippen molar-refractivity contribution in [2.45, 2.75) is 0 Å². The van der Waals surface area contributed by atoms with Gasteiger partial charge in [-0.2, -0.15) is 0 Å². The predicted molar refractivity (Wildman–Crippen MR) is 51.3 cm³/mol. The number of hydrogen-bond acceptors (Lipinski definition) is 1. The van der Waals surface area contributed by atoms with Crippen LogP contribution in [-0.2, 0) is 0 Å². The van der Waals surface area contributed by atoms with Gasteiger partial charge in [0.05, 0.1) is 0 Å². The Morgan fingerprint density at radius 1 is 1.27 bits per heavy atom. The first-order chi connectivity index (χ1) is 5.29. The molecular formula is C9H6ClS. The van der Waals surface area contributed by atoms with Crippen molar-refractivity contribution < 1.29 is 0 Å². The Kier molecular flexibility index (Phi) is 1.63. The third kappa shape index (κ3) is 1.05. The highest BCUT2D eigenvalue weighted by atomic mass is 35.5. The van der Waals surface area contributed by atoms with Crippen molar-refractivity contribution in [3.05, 3.63) is 40.4 Å². The van der Waals surface area contributed by atoms with Crippen LogP contribution in [-0.4, -0.2) is 0 Å². The summed E-state index contributed by atoms with van der Waals surface area (Å²) in [7, 11) is 0. The Morgan fingerprint density at radius 2 is 2.09 bits per heavy atom. The third-order valence-corrected chi connectivity index (χ3v) is 2.86. The molecule has 0 aliphatic carbocycles. The third-order valence-electron chi connectivity index (χ3n) is 1.67. The lowest BCUT2D eigenvalue weighted by atomic mass is 10.2. The zero-order valence-electron chi connectivity index (χ0n) is 5.80. The normalized spacial score (nSPS) is 10.7. The van der Waals surface area contributed by atoms with Crippen LogP contribution >= 0.6 is 22.9 Å². The fourth-order valence-corrected chi connectivity index (χ4v) is 2.21. The predicted octanol–water partition coefficient (Wildman–Crippen LogP) is 3.74. The summed E-state index contributed by atoms with van der Waals surface area (Å²) in [5.41, 5.74) is 0. The number of hydrogen-bond donors (Lipinski definition) is 0. The quantitative estimate of drug-likeness (QED) is 0.581. The molecule has 1 radical (unpaired) electrons. The zero-order valence-corrected chi connectivity index (χ0v) is 7.38. The highest BCUT2D eigenvalue weighted by Gasteiger charge is 2.01. The fraction of sp³-hybridized carbons (Fsp3) is 0. The van der Waals surface area contributed by atoms with Crippen molar-refractivity contribution in [3.63, 3.8) is 0 Å². The minimum atomic E-state index is 0.814. The summed E-state index contributed by atoms with van der Waals surface area (Å²) in [5.74, 6) is 0. The van der Waals surface area contributed by atoms with Crippen LogP contribution in [0, 0.1) is 6.92 Å². The number of thiophene rings is 1. The van der Waals surface area contributed by atoms with Crippen LogP contribution in [0.25, 0.3) is 10.8 Å². The van der Waals surface area contributed by atoms with Crippen molar-refractivity contribution in [1.29, 1.82) is 0 Å². The molecule has 0 atom stereocenters. The monoisotopic (exact) mass is 181 g/mol. The van der Waals surface area contributed by atoms with Gasteiger partial charge >= 0.3 is 0 Å². The Bertz CT molecular complexity index is 389. The minimum absolute atomic E-state index is 0.814. The number of rotatable bonds is 0. The van der Waals surface area contributed by atoms with Gasteiger partial charge < -0.3 is 0 Å². The van der Waals surface area contributed by atoms with E-state index in [-0.39, 0.29) is 0 Å². The van der Waals surface area contributed by atoms with Crippen LogP contribution in [0.4, 0.5) is 0 Å². The molecule has 1 aromatic carbocycles. The molecule has 0 saturated carbocycles. The molecule has 0 aliphatic heterocycles. The first-order valence-electron chi connectivity index (χ1n) is 3.27. The van der Waals surface area contributed by atoms with Crippen LogP contribution in [0.1, 0.15) is 4.88 Å². The first-order valence-corrected chi connectivity index (χ1v) is 4.52. The SMILES string of the molecule is [CH2]c1scc2c(Cl)cccc12. The smallest absolute Gasteiger partial charge is 0.0492 e. The van der Waals surface area contributed by atoms with Crippen LogP contribution in [0.5, 0.6) is 0 Å². The molecule has 1 heterocycles. The largest absolute Gasteiger partial charge is 0.148 e. The van der Waals surface area contributed by atoms with Crippen LogP contribution in [0.2, 0.25) is 5.02 Å². The summed E-state index contributed by atoms with van der Waals surface area (Å²) in [4.78, 5) is 1.09. The molecule has 11 heavy (non-hydrogen) atoms. The van der Waals surface area contributed by atoms with Gasteiger partial charge in [-0.05, 0) is 18.4 Å². The van der Waals surface area contributed by atoms with Gasteiger partial charge in [-0.15, -0.1) is 11.3 Å². The molecule has 2 aromatic rings. The van der Waals surface area contributed by atoms with Gasteiger partial charge in [0.25, 0.3) is 0 Å². The number of halogens is 1. The van der Waals surface area contributed by atoms with Crippen molar-refractivity contribution in [2.24, 2.45) is 0 Å². The van der Waals surface area contributed by atoms with Crippen molar-refractivity contribution >= 4 is 33.7 Å². The van der Waals surface area contributed by atoms with Crippen molar-refractivity contribution in [1.82, 2.24) is 0 Å². The fourth-order valence-electron chi connectivity index (χ4n) is 1.09. The van der Waals surface area contributed by atoms with Gasteiger partial charge in [-0.3, -0.25) is 0 Å². The van der Waals surface area contributed by atoms with E-state index in [1.54, 1.807) is 11.3 Å². The van der Waals surface area contributed by atoms with E-state index in [1.807, 2.05) is 23.6 Å². The summed E-state index contributed by atoms with van der Waals surface area (Å²) in [6, 6.07) is 5.89. The van der Waals surface area contributed by atoms with Gasteiger partial charge in [-0.25, -0.2) is 0 Å². The van der Waals surface area contributed by atoms with Gasteiger partial charge in [0.1, 0.15) is 0 Å². The number of benzene rings is 1. The summed E-state index contributed by atoms with van der Waals surface area (Å²) in [5, 5.41) is 5.14. The van der Waals surface area contributed by atoms with E-state index < -0.39 is 0 Å². The molecule has 2 heteroatoms. The summed E-state index contributed by atoms with van der Waals surface area (Å²) < 4.78 is 0. The summed E-state index contributed by atoms with van der Waals surface area (Å²) >= 11 is 7.59. The second-order valence-electron chi connectivity index (χ2n) is 2.36. The van der Waals surface area contributed by atoms with Gasteiger partial charge in [0.2, 0.25) is 0 Å². The van der Waals surface area contributed by atoms with Gasteiger partial charge in [0, 0.05) is 20.7 Å². The molecule has 0 N–H and O–H groups in total. The van der Waals surface area contributed by atoms with Gasteiger partial charge in [-0.1, -0.05) is 23.7 Å². The van der Waals surface area contributed by atoms with E-state index in [2.05, 4.69) is 6.92 Å². The number of fused-ring (bicyclic) bond motifs is 1. The second kappa shape index (κ2) is 2.50. The van der Waals surface area contributed by atoms with E-state index in [4.69, 9.17) is 11.6 Å². The molecular weight excluding hydrogens is 176 g/mol. The molecule has 2 rings (SSSR count). The van der Waals surface area contributed by atoms with Crippen molar-refractivity contribution in [2.75, 3.05) is 0 Å². The van der Waals surface area contributed by atoms with Crippen LogP contribution in [0.3, 0.4) is 0 Å². The molecule has 0 amide bonds. The maximum Gasteiger partial charge on any atom is 0.0492 e. The molecule has 0 fully saturated rings. The molecule has 0 saturated heterocycles. The molecule has 0 spiro atoms. The average Bonchev–Trinajstić information content (AvgIpc) is 2.35. The maximum atomic E-state index is 5.95. The van der Waals surface area contributed by atoms with Gasteiger partial charge in [0.15, 0.2) is 0 Å². The Labute approximate surface area is 74.4 Å². The van der Waals surface area contributed by atoms with E-state index in [1.165, 1.54) is 5.39 Å². The first kappa shape index (κ1) is 7.14. The van der Waals surface area contributed by atoms with E-state index in [9.17, 15) is 0 Å². The lowest BCUT2D eigenvalue weighted by molar-refractivity contribution is 1.82. The molecule has 0 unspecified atom stereocenters. The van der Waals surface area contributed by atoms with Crippen LogP contribution in [0.15, 0.2) is 23.6 Å². The highest BCUT2D eigenvalue weighted by Crippen LogP contribution is 2.29. The Hall–Kier alpha value is -0.530. The lowest BCUT2D eigenvalue weighted by Gasteiger charge is -1.92. The second-order valence-corrected chi connectivity index (χ2v) is 3.73. The minimum Gasteiger partial charge on any atom is -0.148 e. The van der Waals surface area contributed by atoms with E-state index in [0.29, 0.717) is 0 Å². The topological polar surface area (TPSA) is 0 Å². The van der Waals surface area contributed by atoms with Crippen LogP contribution < -0.4 is 0 Å². The average molecular weight is 182 g/mol. The summed E-state index contributed by atoms with van der Waals surface area (Å²) in [6.45, 7) is 3.91.